The quantitative estimate of drug-likeness (QED) is 0.853. The van der Waals surface area contributed by atoms with Crippen LogP contribution in [-0.4, -0.2) is 32.9 Å². The molecule has 1 unspecified atom stereocenters. The van der Waals surface area contributed by atoms with E-state index in [2.05, 4.69) is 10.3 Å². The van der Waals surface area contributed by atoms with Crippen LogP contribution < -0.4 is 10.9 Å². The van der Waals surface area contributed by atoms with Crippen LogP contribution in [0.3, 0.4) is 0 Å². The van der Waals surface area contributed by atoms with Gasteiger partial charge >= 0.3 is 5.97 Å². The van der Waals surface area contributed by atoms with Gasteiger partial charge in [0.05, 0.1) is 0 Å². The van der Waals surface area contributed by atoms with E-state index in [4.69, 9.17) is 4.74 Å². The zero-order valence-electron chi connectivity index (χ0n) is 15.1. The van der Waals surface area contributed by atoms with Crippen LogP contribution in [0.2, 0.25) is 0 Å². The molecule has 0 saturated heterocycles. The van der Waals surface area contributed by atoms with Crippen LogP contribution in [0.25, 0.3) is 5.65 Å². The number of carbonyl (C=O) groups excluding carboxylic acids is 2. The first-order valence-electron chi connectivity index (χ1n) is 8.10. The van der Waals surface area contributed by atoms with Crippen LogP contribution in [-0.2, 0) is 9.53 Å². The molecule has 0 bridgehead atoms. The second-order valence-corrected chi connectivity index (χ2v) is 7.13. The zero-order valence-corrected chi connectivity index (χ0v) is 15.1. The Hall–Kier alpha value is -2.70. The van der Waals surface area contributed by atoms with Gasteiger partial charge in [0.1, 0.15) is 22.9 Å². The molecule has 0 aliphatic carbocycles. The van der Waals surface area contributed by atoms with E-state index in [1.165, 1.54) is 16.8 Å². The predicted molar refractivity (Wildman–Crippen MR) is 93.4 cm³/mol. The van der Waals surface area contributed by atoms with E-state index in [1.54, 1.807) is 52.8 Å². The molecule has 2 rings (SSSR count). The Balaban J connectivity index is 2.29. The summed E-state index contributed by atoms with van der Waals surface area (Å²) in [7, 11) is 0. The summed E-state index contributed by atoms with van der Waals surface area (Å²) in [6, 6.07) is 4.23. The lowest BCUT2D eigenvalue weighted by molar-refractivity contribution is -0.158. The Bertz CT molecular complexity index is 849. The van der Waals surface area contributed by atoms with Gasteiger partial charge in [-0.1, -0.05) is 19.9 Å². The standard InChI is InChI=1S/C18H23N3O4/c1-11(2)14(17(24)25-18(3,4)5)20-15(22)12-10-19-13-8-6-7-9-21(13)16(12)23/h6-11,14H,1-5H3,(H,20,22). The second-order valence-electron chi connectivity index (χ2n) is 7.13. The molecule has 2 aromatic heterocycles. The highest BCUT2D eigenvalue weighted by Crippen LogP contribution is 2.12. The number of fused-ring (bicyclic) bond motifs is 1. The van der Waals surface area contributed by atoms with Gasteiger partial charge in [0, 0.05) is 12.4 Å². The van der Waals surface area contributed by atoms with Crippen LogP contribution in [0.5, 0.6) is 0 Å². The van der Waals surface area contributed by atoms with Crippen molar-refractivity contribution >= 4 is 17.5 Å². The molecule has 0 radical (unpaired) electrons. The highest BCUT2D eigenvalue weighted by molar-refractivity contribution is 5.96. The fourth-order valence-corrected chi connectivity index (χ4v) is 2.26. The monoisotopic (exact) mass is 345 g/mol. The van der Waals surface area contributed by atoms with E-state index in [0.717, 1.165) is 0 Å². The maximum absolute atomic E-state index is 12.5. The van der Waals surface area contributed by atoms with E-state index >= 15 is 0 Å². The molecule has 2 aromatic rings. The third-order valence-electron chi connectivity index (χ3n) is 3.47. The minimum Gasteiger partial charge on any atom is -0.458 e. The van der Waals surface area contributed by atoms with Crippen molar-refractivity contribution in [3.63, 3.8) is 0 Å². The summed E-state index contributed by atoms with van der Waals surface area (Å²) in [6.45, 7) is 8.85. The topological polar surface area (TPSA) is 89.8 Å². The lowest BCUT2D eigenvalue weighted by Crippen LogP contribution is -2.48. The van der Waals surface area contributed by atoms with E-state index in [0.29, 0.717) is 5.65 Å². The molecule has 0 saturated carbocycles. The van der Waals surface area contributed by atoms with E-state index in [-0.39, 0.29) is 11.5 Å². The minimum absolute atomic E-state index is 0.127. The number of amides is 1. The fraction of sp³-hybridized carbons (Fsp3) is 0.444. The van der Waals surface area contributed by atoms with Gasteiger partial charge in [0.25, 0.3) is 11.5 Å². The van der Waals surface area contributed by atoms with Crippen molar-refractivity contribution in [2.75, 3.05) is 0 Å². The van der Waals surface area contributed by atoms with Gasteiger partial charge in [-0.15, -0.1) is 0 Å². The Morgan fingerprint density at radius 1 is 1.24 bits per heavy atom. The summed E-state index contributed by atoms with van der Waals surface area (Å²) in [5.41, 5.74) is -0.844. The van der Waals surface area contributed by atoms with Crippen LogP contribution in [0.1, 0.15) is 45.0 Å². The highest BCUT2D eigenvalue weighted by Gasteiger charge is 2.30. The van der Waals surface area contributed by atoms with Gasteiger partial charge in [-0.2, -0.15) is 0 Å². The lowest BCUT2D eigenvalue weighted by Gasteiger charge is -2.26. The molecule has 7 heteroatoms. The molecule has 0 aliphatic rings. The van der Waals surface area contributed by atoms with Gasteiger partial charge in [0.15, 0.2) is 0 Å². The zero-order chi connectivity index (χ0) is 18.8. The summed E-state index contributed by atoms with van der Waals surface area (Å²) in [6.07, 6.45) is 2.76. The Kier molecular flexibility index (Phi) is 5.25. The van der Waals surface area contributed by atoms with Gasteiger partial charge in [0.2, 0.25) is 0 Å². The Labute approximate surface area is 146 Å². The first-order valence-corrected chi connectivity index (χ1v) is 8.10. The molecule has 0 aromatic carbocycles. The van der Waals surface area contributed by atoms with E-state index < -0.39 is 29.1 Å². The van der Waals surface area contributed by atoms with Gasteiger partial charge < -0.3 is 10.1 Å². The molecule has 0 fully saturated rings. The molecule has 0 spiro atoms. The molecular formula is C18H23N3O4. The van der Waals surface area contributed by atoms with Crippen molar-refractivity contribution in [3.05, 3.63) is 46.5 Å². The third-order valence-corrected chi connectivity index (χ3v) is 3.47. The van der Waals surface area contributed by atoms with Crippen molar-refractivity contribution in [3.8, 4) is 0 Å². The maximum Gasteiger partial charge on any atom is 0.329 e. The fourth-order valence-electron chi connectivity index (χ4n) is 2.26. The second kappa shape index (κ2) is 7.04. The molecule has 2 heterocycles. The Morgan fingerprint density at radius 3 is 2.52 bits per heavy atom. The third kappa shape index (κ3) is 4.43. The van der Waals surface area contributed by atoms with Crippen LogP contribution >= 0.6 is 0 Å². The Morgan fingerprint density at radius 2 is 1.92 bits per heavy atom. The number of hydrogen-bond acceptors (Lipinski definition) is 5. The number of pyridine rings is 1. The molecule has 0 aliphatic heterocycles. The average Bonchev–Trinajstić information content (AvgIpc) is 2.51. The normalized spacial score (nSPS) is 12.9. The average molecular weight is 345 g/mol. The summed E-state index contributed by atoms with van der Waals surface area (Å²) in [4.78, 5) is 41.4. The number of esters is 1. The highest BCUT2D eigenvalue weighted by atomic mass is 16.6. The molecule has 7 nitrogen and oxygen atoms in total. The largest absolute Gasteiger partial charge is 0.458 e. The molecule has 25 heavy (non-hydrogen) atoms. The van der Waals surface area contributed by atoms with Crippen molar-refractivity contribution in [1.82, 2.24) is 14.7 Å². The van der Waals surface area contributed by atoms with Gasteiger partial charge in [-0.3, -0.25) is 14.0 Å². The smallest absolute Gasteiger partial charge is 0.329 e. The first-order chi connectivity index (χ1) is 11.6. The molecule has 134 valence electrons. The number of rotatable bonds is 4. The number of nitrogens with one attached hydrogen (secondary N) is 1. The predicted octanol–water partition coefficient (Wildman–Crippen LogP) is 1.79. The van der Waals surface area contributed by atoms with Crippen molar-refractivity contribution in [2.24, 2.45) is 5.92 Å². The van der Waals surface area contributed by atoms with E-state index in [9.17, 15) is 14.4 Å². The number of hydrogen-bond donors (Lipinski definition) is 1. The van der Waals surface area contributed by atoms with Gasteiger partial charge in [-0.05, 0) is 38.8 Å². The SMILES string of the molecule is CC(C)C(NC(=O)c1cnc2ccccn2c1=O)C(=O)OC(C)(C)C. The summed E-state index contributed by atoms with van der Waals surface area (Å²) in [5.74, 6) is -1.39. The van der Waals surface area contributed by atoms with Crippen molar-refractivity contribution < 1.29 is 14.3 Å². The summed E-state index contributed by atoms with van der Waals surface area (Å²) < 4.78 is 6.63. The van der Waals surface area contributed by atoms with E-state index in [1.807, 2.05) is 0 Å². The molecule has 1 amide bonds. The summed E-state index contributed by atoms with van der Waals surface area (Å²) >= 11 is 0. The van der Waals surface area contributed by atoms with Crippen molar-refractivity contribution in [1.29, 1.82) is 0 Å². The maximum atomic E-state index is 12.5. The number of aromatic nitrogens is 2. The van der Waals surface area contributed by atoms with Crippen LogP contribution in [0.4, 0.5) is 0 Å². The first kappa shape index (κ1) is 18.6. The number of nitrogens with zero attached hydrogens (tertiary/aromatic N) is 2. The van der Waals surface area contributed by atoms with Gasteiger partial charge in [-0.25, -0.2) is 9.78 Å². The molecule has 1 atom stereocenters. The summed E-state index contributed by atoms with van der Waals surface area (Å²) in [5, 5.41) is 2.59. The lowest BCUT2D eigenvalue weighted by atomic mass is 10.0. The number of carbonyl (C=O) groups is 2. The number of ether oxygens (including phenoxy) is 1. The molecular weight excluding hydrogens is 322 g/mol. The van der Waals surface area contributed by atoms with Crippen molar-refractivity contribution in [2.45, 2.75) is 46.3 Å². The molecule has 1 N–H and O–H groups in total. The van der Waals surface area contributed by atoms with Crippen LogP contribution in [0.15, 0.2) is 35.4 Å². The minimum atomic E-state index is -0.859. The van der Waals surface area contributed by atoms with Crippen LogP contribution in [0, 0.1) is 5.92 Å².